The molecule has 2 aromatic rings. The maximum Gasteiger partial charge on any atom is 0.148 e. The quantitative estimate of drug-likeness (QED) is 0.596. The topological polar surface area (TPSA) is 75.9 Å². The molecule has 0 radical (unpaired) electrons. The van der Waals surface area contributed by atoms with E-state index in [2.05, 4.69) is 20.7 Å². The van der Waals surface area contributed by atoms with Crippen LogP contribution >= 0.6 is 11.6 Å². The standard InChI is InChI=1S/C13H15ClFN5/c1-3-11-18-12(7(2)13(19-11)20-16)17-8-4-5-9(14)10(15)6-8/h4-6H,3,16H2,1-2H3,(H2,17,18,19,20). The molecule has 0 aliphatic heterocycles. The lowest BCUT2D eigenvalue weighted by Crippen LogP contribution is -2.13. The fourth-order valence-corrected chi connectivity index (χ4v) is 1.81. The number of benzene rings is 1. The van der Waals surface area contributed by atoms with E-state index in [0.717, 1.165) is 5.56 Å². The Balaban J connectivity index is 2.39. The van der Waals surface area contributed by atoms with Crippen LogP contribution in [0.4, 0.5) is 21.7 Å². The molecule has 7 heteroatoms. The number of nitrogens with one attached hydrogen (secondary N) is 2. The third-order valence-corrected chi connectivity index (χ3v) is 3.13. The second kappa shape index (κ2) is 6.02. The summed E-state index contributed by atoms with van der Waals surface area (Å²) in [6.45, 7) is 3.76. The van der Waals surface area contributed by atoms with E-state index in [1.54, 1.807) is 6.07 Å². The van der Waals surface area contributed by atoms with Crippen molar-refractivity contribution in [2.45, 2.75) is 20.3 Å². The monoisotopic (exact) mass is 295 g/mol. The van der Waals surface area contributed by atoms with Gasteiger partial charge in [-0.3, -0.25) is 0 Å². The summed E-state index contributed by atoms with van der Waals surface area (Å²) < 4.78 is 13.4. The molecule has 1 aromatic carbocycles. The maximum atomic E-state index is 13.4. The number of hydrogen-bond acceptors (Lipinski definition) is 5. The molecule has 0 saturated carbocycles. The molecule has 20 heavy (non-hydrogen) atoms. The molecule has 106 valence electrons. The smallest absolute Gasteiger partial charge is 0.148 e. The van der Waals surface area contributed by atoms with Crippen molar-refractivity contribution >= 4 is 28.9 Å². The Hall–Kier alpha value is -1.92. The van der Waals surface area contributed by atoms with Crippen LogP contribution in [0, 0.1) is 12.7 Å². The molecule has 0 aliphatic carbocycles. The highest BCUT2D eigenvalue weighted by Gasteiger charge is 2.10. The number of hydrazine groups is 1. The third-order valence-electron chi connectivity index (χ3n) is 2.83. The van der Waals surface area contributed by atoms with Crippen LogP contribution in [0.15, 0.2) is 18.2 Å². The molecule has 0 amide bonds. The normalized spacial score (nSPS) is 10.4. The van der Waals surface area contributed by atoms with E-state index < -0.39 is 5.82 Å². The summed E-state index contributed by atoms with van der Waals surface area (Å²) in [6.07, 6.45) is 0.665. The van der Waals surface area contributed by atoms with Crippen molar-refractivity contribution in [3.8, 4) is 0 Å². The van der Waals surface area contributed by atoms with E-state index >= 15 is 0 Å². The van der Waals surface area contributed by atoms with Gasteiger partial charge in [0.2, 0.25) is 0 Å². The number of rotatable bonds is 4. The van der Waals surface area contributed by atoms with Gasteiger partial charge in [0.25, 0.3) is 0 Å². The zero-order valence-electron chi connectivity index (χ0n) is 11.2. The molecule has 1 aromatic heterocycles. The molecule has 2 rings (SSSR count). The highest BCUT2D eigenvalue weighted by atomic mass is 35.5. The van der Waals surface area contributed by atoms with Gasteiger partial charge in [-0.25, -0.2) is 20.2 Å². The molecule has 4 N–H and O–H groups in total. The molecule has 0 unspecified atom stereocenters. The van der Waals surface area contributed by atoms with Gasteiger partial charge in [0.15, 0.2) is 0 Å². The zero-order chi connectivity index (χ0) is 14.7. The number of nitrogens with zero attached hydrogens (tertiary/aromatic N) is 2. The van der Waals surface area contributed by atoms with Crippen LogP contribution < -0.4 is 16.6 Å². The first kappa shape index (κ1) is 14.5. The summed E-state index contributed by atoms with van der Waals surface area (Å²) in [7, 11) is 0. The highest BCUT2D eigenvalue weighted by Crippen LogP contribution is 2.25. The van der Waals surface area contributed by atoms with Gasteiger partial charge in [0.05, 0.1) is 5.02 Å². The number of nitrogen functional groups attached to an aromatic ring is 1. The predicted octanol–water partition coefficient (Wildman–Crippen LogP) is 3.17. The largest absolute Gasteiger partial charge is 0.340 e. The summed E-state index contributed by atoms with van der Waals surface area (Å²) in [5.41, 5.74) is 3.83. The van der Waals surface area contributed by atoms with E-state index in [4.69, 9.17) is 17.4 Å². The second-order valence-electron chi connectivity index (χ2n) is 4.21. The van der Waals surface area contributed by atoms with Crippen LogP contribution in [0.2, 0.25) is 5.02 Å². The van der Waals surface area contributed by atoms with Crippen LogP contribution in [0.1, 0.15) is 18.3 Å². The van der Waals surface area contributed by atoms with Crippen LogP contribution in [-0.4, -0.2) is 9.97 Å². The fourth-order valence-electron chi connectivity index (χ4n) is 1.69. The van der Waals surface area contributed by atoms with Crippen LogP contribution in [0.5, 0.6) is 0 Å². The Kier molecular flexibility index (Phi) is 4.36. The van der Waals surface area contributed by atoms with Gasteiger partial charge >= 0.3 is 0 Å². The molecule has 0 spiro atoms. The van der Waals surface area contributed by atoms with Crippen molar-refractivity contribution in [3.63, 3.8) is 0 Å². The van der Waals surface area contributed by atoms with Gasteiger partial charge in [-0.1, -0.05) is 18.5 Å². The molecule has 0 fully saturated rings. The van der Waals surface area contributed by atoms with Crippen molar-refractivity contribution in [1.29, 1.82) is 0 Å². The highest BCUT2D eigenvalue weighted by molar-refractivity contribution is 6.30. The number of halogens is 2. The van der Waals surface area contributed by atoms with Crippen molar-refractivity contribution < 1.29 is 4.39 Å². The SMILES string of the molecule is CCc1nc(NN)c(C)c(Nc2ccc(Cl)c(F)c2)n1. The molecule has 0 bridgehead atoms. The predicted molar refractivity (Wildman–Crippen MR) is 78.6 cm³/mol. The fraction of sp³-hybridized carbons (Fsp3) is 0.231. The minimum absolute atomic E-state index is 0.0773. The van der Waals surface area contributed by atoms with E-state index in [0.29, 0.717) is 29.6 Å². The van der Waals surface area contributed by atoms with Gasteiger partial charge in [0.1, 0.15) is 23.3 Å². The summed E-state index contributed by atoms with van der Waals surface area (Å²) in [6, 6.07) is 4.47. The van der Waals surface area contributed by atoms with Crippen LogP contribution in [0.25, 0.3) is 0 Å². The molecular formula is C13H15ClFN5. The summed E-state index contributed by atoms with van der Waals surface area (Å²) in [4.78, 5) is 8.63. The lowest BCUT2D eigenvalue weighted by atomic mass is 10.2. The Morgan fingerprint density at radius 3 is 2.60 bits per heavy atom. The van der Waals surface area contributed by atoms with E-state index in [-0.39, 0.29) is 5.02 Å². The molecule has 1 heterocycles. The van der Waals surface area contributed by atoms with E-state index in [9.17, 15) is 4.39 Å². The Morgan fingerprint density at radius 1 is 1.30 bits per heavy atom. The average molecular weight is 296 g/mol. The zero-order valence-corrected chi connectivity index (χ0v) is 11.9. The second-order valence-corrected chi connectivity index (χ2v) is 4.62. The van der Waals surface area contributed by atoms with Gasteiger partial charge in [-0.2, -0.15) is 0 Å². The van der Waals surface area contributed by atoms with Crippen molar-refractivity contribution in [2.75, 3.05) is 10.7 Å². The van der Waals surface area contributed by atoms with Crippen LogP contribution in [0.3, 0.4) is 0 Å². The first-order valence-corrected chi connectivity index (χ1v) is 6.49. The Labute approximate surface area is 121 Å². The lowest BCUT2D eigenvalue weighted by Gasteiger charge is -2.13. The number of nitrogens with two attached hydrogens (primary N) is 1. The minimum Gasteiger partial charge on any atom is -0.340 e. The number of anilines is 3. The van der Waals surface area contributed by atoms with E-state index in [1.165, 1.54) is 12.1 Å². The Morgan fingerprint density at radius 2 is 2.00 bits per heavy atom. The number of hydrogen-bond donors (Lipinski definition) is 3. The minimum atomic E-state index is -0.490. The number of aromatic nitrogens is 2. The van der Waals surface area contributed by atoms with E-state index in [1.807, 2.05) is 13.8 Å². The first-order valence-electron chi connectivity index (χ1n) is 6.11. The van der Waals surface area contributed by atoms with Crippen molar-refractivity contribution in [3.05, 3.63) is 40.4 Å². The average Bonchev–Trinajstić information content (AvgIpc) is 2.45. The van der Waals surface area contributed by atoms with Gasteiger partial charge in [-0.05, 0) is 25.1 Å². The summed E-state index contributed by atoms with van der Waals surface area (Å²) in [5, 5.41) is 3.12. The van der Waals surface area contributed by atoms with Crippen molar-refractivity contribution in [1.82, 2.24) is 9.97 Å². The third kappa shape index (κ3) is 2.97. The first-order chi connectivity index (χ1) is 9.55. The summed E-state index contributed by atoms with van der Waals surface area (Å²) in [5.74, 6) is 6.70. The van der Waals surface area contributed by atoms with Crippen LogP contribution in [-0.2, 0) is 6.42 Å². The van der Waals surface area contributed by atoms with Crippen molar-refractivity contribution in [2.24, 2.45) is 5.84 Å². The molecule has 5 nitrogen and oxygen atoms in total. The Bertz CT molecular complexity index is 632. The molecule has 0 atom stereocenters. The van der Waals surface area contributed by atoms with Gasteiger partial charge in [-0.15, -0.1) is 0 Å². The number of aryl methyl sites for hydroxylation is 1. The molecule has 0 saturated heterocycles. The van der Waals surface area contributed by atoms with Gasteiger partial charge < -0.3 is 10.7 Å². The molecule has 0 aliphatic rings. The lowest BCUT2D eigenvalue weighted by molar-refractivity contribution is 0.629. The van der Waals surface area contributed by atoms with Gasteiger partial charge in [0, 0.05) is 17.7 Å². The maximum absolute atomic E-state index is 13.4. The summed E-state index contributed by atoms with van der Waals surface area (Å²) >= 11 is 5.66. The molecular weight excluding hydrogens is 281 g/mol.